The first-order valence-corrected chi connectivity index (χ1v) is 12.7. The molecule has 4 rings (SSSR count). The number of carbonyl (C=O) groups excluding carboxylic acids is 1. The number of nitrogens with zero attached hydrogens (tertiary/aromatic N) is 4. The molecule has 1 aromatic heterocycles. The van der Waals surface area contributed by atoms with Gasteiger partial charge in [0.05, 0.1) is 30.0 Å². The summed E-state index contributed by atoms with van der Waals surface area (Å²) in [6.45, 7) is 8.17. The minimum absolute atomic E-state index is 0.0831. The average molecular weight is 514 g/mol. The van der Waals surface area contributed by atoms with Gasteiger partial charge in [-0.3, -0.25) is 14.6 Å². The van der Waals surface area contributed by atoms with Crippen LogP contribution in [-0.4, -0.2) is 58.3 Å². The summed E-state index contributed by atoms with van der Waals surface area (Å²) < 4.78 is 40.8. The van der Waals surface area contributed by atoms with Gasteiger partial charge in [0.15, 0.2) is 0 Å². The van der Waals surface area contributed by atoms with Gasteiger partial charge in [-0.15, -0.1) is 0 Å². The van der Waals surface area contributed by atoms with E-state index < -0.39 is 11.7 Å². The number of amides is 1. The molecule has 0 unspecified atom stereocenters. The van der Waals surface area contributed by atoms with E-state index in [-0.39, 0.29) is 12.3 Å². The Bertz CT molecular complexity index is 1170. The topological polar surface area (TPSA) is 53.4 Å². The zero-order chi connectivity index (χ0) is 26.4. The molecule has 2 heterocycles. The van der Waals surface area contributed by atoms with Crippen molar-refractivity contribution in [3.05, 3.63) is 83.2 Å². The third-order valence-corrected chi connectivity index (χ3v) is 6.42. The number of piperazine rings is 1. The standard InChI is InChI=1S/C28H34F3N5O/c1-21(2)15-26-17-24(33-36(26)25-9-4-3-5-10-25)18-27(37)32-20-35-13-11-34(12-14-35)19-22-7-6-8-23(16-22)28(29,30)31/h3-10,16-17,21H,11-15,18-20H2,1-2H3,(H,32,37). The maximum atomic E-state index is 13.0. The molecule has 9 heteroatoms. The van der Waals surface area contributed by atoms with E-state index in [0.717, 1.165) is 55.7 Å². The monoisotopic (exact) mass is 513 g/mol. The van der Waals surface area contributed by atoms with Gasteiger partial charge in [-0.05, 0) is 42.2 Å². The lowest BCUT2D eigenvalue weighted by Gasteiger charge is -2.34. The average Bonchev–Trinajstić information content (AvgIpc) is 3.25. The Balaban J connectivity index is 1.25. The van der Waals surface area contributed by atoms with Crippen LogP contribution in [0.2, 0.25) is 0 Å². The lowest BCUT2D eigenvalue weighted by molar-refractivity contribution is -0.137. The molecule has 3 aromatic rings. The normalized spacial score (nSPS) is 15.3. The lowest BCUT2D eigenvalue weighted by Crippen LogP contribution is -2.49. The predicted octanol–water partition coefficient (Wildman–Crippen LogP) is 4.52. The maximum absolute atomic E-state index is 13.0. The van der Waals surface area contributed by atoms with Crippen LogP contribution in [0.1, 0.15) is 36.4 Å². The first-order valence-electron chi connectivity index (χ1n) is 12.7. The summed E-state index contributed by atoms with van der Waals surface area (Å²) in [7, 11) is 0. The van der Waals surface area contributed by atoms with Gasteiger partial charge in [0.2, 0.25) is 5.91 Å². The van der Waals surface area contributed by atoms with Crippen LogP contribution < -0.4 is 5.32 Å². The largest absolute Gasteiger partial charge is 0.416 e. The molecule has 2 aromatic carbocycles. The second-order valence-electron chi connectivity index (χ2n) is 10.00. The van der Waals surface area contributed by atoms with E-state index in [1.54, 1.807) is 6.07 Å². The van der Waals surface area contributed by atoms with Crippen LogP contribution >= 0.6 is 0 Å². The van der Waals surface area contributed by atoms with E-state index in [1.165, 1.54) is 12.1 Å². The molecular formula is C28H34F3N5O. The number of rotatable bonds is 9. The summed E-state index contributed by atoms with van der Waals surface area (Å²) >= 11 is 0. The number of carbonyl (C=O) groups is 1. The lowest BCUT2D eigenvalue weighted by atomic mass is 10.1. The van der Waals surface area contributed by atoms with Gasteiger partial charge < -0.3 is 5.32 Å². The second kappa shape index (κ2) is 11.9. The summed E-state index contributed by atoms with van der Waals surface area (Å²) in [6, 6.07) is 17.4. The Morgan fingerprint density at radius 2 is 1.68 bits per heavy atom. The third kappa shape index (κ3) is 7.66. The smallest absolute Gasteiger partial charge is 0.343 e. The van der Waals surface area contributed by atoms with Crippen molar-refractivity contribution in [3.63, 3.8) is 0 Å². The van der Waals surface area contributed by atoms with Gasteiger partial charge in [-0.1, -0.05) is 50.2 Å². The van der Waals surface area contributed by atoms with Crippen molar-refractivity contribution >= 4 is 5.91 Å². The van der Waals surface area contributed by atoms with Crippen LogP contribution in [0.3, 0.4) is 0 Å². The zero-order valence-electron chi connectivity index (χ0n) is 21.3. The van der Waals surface area contributed by atoms with E-state index >= 15 is 0 Å². The molecule has 0 bridgehead atoms. The Hall–Kier alpha value is -3.17. The fourth-order valence-corrected chi connectivity index (χ4v) is 4.55. The highest BCUT2D eigenvalue weighted by Gasteiger charge is 2.30. The molecule has 37 heavy (non-hydrogen) atoms. The van der Waals surface area contributed by atoms with Crippen LogP contribution in [-0.2, 0) is 30.4 Å². The molecule has 1 saturated heterocycles. The molecule has 0 aliphatic carbocycles. The van der Waals surface area contributed by atoms with Crippen LogP contribution in [0.15, 0.2) is 60.7 Å². The highest BCUT2D eigenvalue weighted by atomic mass is 19.4. The molecule has 198 valence electrons. The van der Waals surface area contributed by atoms with Gasteiger partial charge in [-0.25, -0.2) is 4.68 Å². The Labute approximate surface area is 216 Å². The van der Waals surface area contributed by atoms with Gasteiger partial charge in [0, 0.05) is 38.4 Å². The predicted molar refractivity (Wildman–Crippen MR) is 137 cm³/mol. The number of hydrogen-bond donors (Lipinski definition) is 1. The summed E-state index contributed by atoms with van der Waals surface area (Å²) in [6.07, 6.45) is -3.25. The Morgan fingerprint density at radius 3 is 2.35 bits per heavy atom. The second-order valence-corrected chi connectivity index (χ2v) is 10.00. The van der Waals surface area contributed by atoms with Gasteiger partial charge in [-0.2, -0.15) is 18.3 Å². The van der Waals surface area contributed by atoms with Gasteiger partial charge in [0.25, 0.3) is 0 Å². The van der Waals surface area contributed by atoms with Crippen molar-refractivity contribution in [1.82, 2.24) is 24.9 Å². The van der Waals surface area contributed by atoms with Gasteiger partial charge in [0.1, 0.15) is 0 Å². The third-order valence-electron chi connectivity index (χ3n) is 6.42. The molecule has 1 N–H and O–H groups in total. The maximum Gasteiger partial charge on any atom is 0.416 e. The van der Waals surface area contributed by atoms with E-state index in [0.29, 0.717) is 24.7 Å². The van der Waals surface area contributed by atoms with Crippen molar-refractivity contribution in [2.75, 3.05) is 32.8 Å². The molecule has 0 atom stereocenters. The van der Waals surface area contributed by atoms with Crippen molar-refractivity contribution in [2.45, 2.75) is 39.4 Å². The zero-order valence-corrected chi connectivity index (χ0v) is 21.3. The molecular weight excluding hydrogens is 479 g/mol. The fourth-order valence-electron chi connectivity index (χ4n) is 4.55. The number of aromatic nitrogens is 2. The van der Waals surface area contributed by atoms with Crippen molar-refractivity contribution in [3.8, 4) is 5.69 Å². The molecule has 0 saturated carbocycles. The van der Waals surface area contributed by atoms with Crippen molar-refractivity contribution < 1.29 is 18.0 Å². The molecule has 6 nitrogen and oxygen atoms in total. The fraction of sp³-hybridized carbons (Fsp3) is 0.429. The minimum Gasteiger partial charge on any atom is -0.343 e. The molecule has 1 aliphatic rings. The molecule has 1 amide bonds. The van der Waals surface area contributed by atoms with E-state index in [9.17, 15) is 18.0 Å². The molecule has 1 fully saturated rings. The van der Waals surface area contributed by atoms with Crippen molar-refractivity contribution in [2.24, 2.45) is 5.92 Å². The highest BCUT2D eigenvalue weighted by Crippen LogP contribution is 2.29. The molecule has 1 aliphatic heterocycles. The molecule has 0 spiro atoms. The number of hydrogen-bond acceptors (Lipinski definition) is 4. The summed E-state index contributed by atoms with van der Waals surface area (Å²) in [5.41, 5.74) is 2.84. The first-order chi connectivity index (χ1) is 17.7. The molecule has 0 radical (unpaired) electrons. The first kappa shape index (κ1) is 26.9. The van der Waals surface area contributed by atoms with Gasteiger partial charge >= 0.3 is 6.18 Å². The Kier molecular flexibility index (Phi) is 8.66. The minimum atomic E-state index is -4.33. The SMILES string of the molecule is CC(C)Cc1cc(CC(=O)NCN2CCN(Cc3cccc(C(F)(F)F)c3)CC2)nn1-c1ccccc1. The number of halogens is 3. The van der Waals surface area contributed by atoms with E-state index in [1.807, 2.05) is 41.1 Å². The van der Waals surface area contributed by atoms with E-state index in [4.69, 9.17) is 5.10 Å². The Morgan fingerprint density at radius 1 is 0.973 bits per heavy atom. The van der Waals surface area contributed by atoms with Crippen LogP contribution in [0.25, 0.3) is 5.69 Å². The summed E-state index contributed by atoms with van der Waals surface area (Å²) in [5.74, 6) is 0.383. The van der Waals surface area contributed by atoms with Crippen LogP contribution in [0, 0.1) is 5.92 Å². The summed E-state index contributed by atoms with van der Waals surface area (Å²) in [5, 5.41) is 7.70. The summed E-state index contributed by atoms with van der Waals surface area (Å²) in [4.78, 5) is 16.9. The number of benzene rings is 2. The number of alkyl halides is 3. The number of nitrogens with one attached hydrogen (secondary N) is 1. The van der Waals surface area contributed by atoms with E-state index in [2.05, 4.69) is 29.0 Å². The van der Waals surface area contributed by atoms with Crippen LogP contribution in [0.5, 0.6) is 0 Å². The van der Waals surface area contributed by atoms with Crippen LogP contribution in [0.4, 0.5) is 13.2 Å². The van der Waals surface area contributed by atoms with Crippen molar-refractivity contribution in [1.29, 1.82) is 0 Å². The number of para-hydroxylation sites is 1. The quantitative estimate of drug-likeness (QED) is 0.457. The highest BCUT2D eigenvalue weighted by molar-refractivity contribution is 5.78.